The van der Waals surface area contributed by atoms with Crippen molar-refractivity contribution in [3.8, 4) is 12.1 Å². The molecular formula is C26H24ClF3N10O. The van der Waals surface area contributed by atoms with Crippen molar-refractivity contribution in [3.63, 3.8) is 0 Å². The van der Waals surface area contributed by atoms with Crippen molar-refractivity contribution in [2.75, 3.05) is 36.8 Å². The van der Waals surface area contributed by atoms with Gasteiger partial charge in [0.25, 0.3) is 0 Å². The summed E-state index contributed by atoms with van der Waals surface area (Å²) in [7, 11) is 0. The summed E-state index contributed by atoms with van der Waals surface area (Å²) in [5.74, 6) is -1.11. The van der Waals surface area contributed by atoms with Crippen LogP contribution >= 0.6 is 11.6 Å². The molecule has 4 heterocycles. The molecule has 41 heavy (non-hydrogen) atoms. The van der Waals surface area contributed by atoms with Gasteiger partial charge in [-0.1, -0.05) is 11.6 Å². The fourth-order valence-corrected chi connectivity index (χ4v) is 5.67. The molecule has 2 N–H and O–H groups in total. The third-order valence-electron chi connectivity index (χ3n) is 7.75. The number of halogens is 4. The largest absolute Gasteiger partial charge is 0.471 e. The minimum atomic E-state index is -4.85. The average molecular weight is 585 g/mol. The van der Waals surface area contributed by atoms with E-state index in [0.29, 0.717) is 53.7 Å². The Bertz CT molecular complexity index is 1590. The summed E-state index contributed by atoms with van der Waals surface area (Å²) < 4.78 is 39.5. The summed E-state index contributed by atoms with van der Waals surface area (Å²) in [4.78, 5) is 23.2. The molecule has 2 aliphatic heterocycles. The van der Waals surface area contributed by atoms with E-state index in [-0.39, 0.29) is 42.7 Å². The van der Waals surface area contributed by atoms with Crippen LogP contribution in [0.15, 0.2) is 18.3 Å². The van der Waals surface area contributed by atoms with Gasteiger partial charge in [-0.25, -0.2) is 4.98 Å². The molecule has 3 aromatic rings. The van der Waals surface area contributed by atoms with Crippen molar-refractivity contribution in [2.45, 2.75) is 49.9 Å². The first-order valence-electron chi connectivity index (χ1n) is 13.2. The van der Waals surface area contributed by atoms with Gasteiger partial charge in [0.05, 0.1) is 28.5 Å². The molecule has 0 radical (unpaired) electrons. The molecule has 0 atom stereocenters. The van der Waals surface area contributed by atoms with E-state index in [1.807, 2.05) is 0 Å². The van der Waals surface area contributed by atoms with E-state index in [2.05, 4.69) is 42.7 Å². The van der Waals surface area contributed by atoms with Gasteiger partial charge in [-0.05, 0) is 62.4 Å². The van der Waals surface area contributed by atoms with Gasteiger partial charge in [0.1, 0.15) is 6.07 Å². The Morgan fingerprint density at radius 2 is 1.83 bits per heavy atom. The molecule has 0 spiro atoms. The smallest absolute Gasteiger partial charge is 0.364 e. The van der Waals surface area contributed by atoms with Crippen LogP contribution in [0.1, 0.15) is 48.4 Å². The number of alkyl halides is 3. The van der Waals surface area contributed by atoms with Crippen LogP contribution in [0.2, 0.25) is 5.02 Å². The molecule has 11 nitrogen and oxygen atoms in total. The zero-order chi connectivity index (χ0) is 28.9. The number of nitrogens with one attached hydrogen (secondary N) is 2. The minimum absolute atomic E-state index is 0.0231. The van der Waals surface area contributed by atoms with Gasteiger partial charge in [0.15, 0.2) is 17.2 Å². The number of nitrogens with zero attached hydrogens (tertiary/aromatic N) is 8. The zero-order valence-corrected chi connectivity index (χ0v) is 22.4. The lowest BCUT2D eigenvalue weighted by molar-refractivity contribution is -0.192. The summed E-state index contributed by atoms with van der Waals surface area (Å²) in [6, 6.07) is 7.78. The van der Waals surface area contributed by atoms with Crippen LogP contribution in [0.3, 0.4) is 0 Å². The molecule has 0 bridgehead atoms. The third-order valence-corrected chi connectivity index (χ3v) is 8.17. The Kier molecular flexibility index (Phi) is 6.83. The summed E-state index contributed by atoms with van der Waals surface area (Å²) in [5, 5.41) is 30.5. The highest BCUT2D eigenvalue weighted by atomic mass is 35.5. The number of imidazole rings is 1. The average Bonchev–Trinajstić information content (AvgIpc) is 3.64. The van der Waals surface area contributed by atoms with E-state index in [1.165, 1.54) is 10.7 Å². The lowest BCUT2D eigenvalue weighted by Crippen LogP contribution is -2.64. The number of fused-ring (bicyclic) bond motifs is 1. The second kappa shape index (κ2) is 10.4. The van der Waals surface area contributed by atoms with Crippen LogP contribution in [0.4, 0.5) is 30.6 Å². The van der Waals surface area contributed by atoms with E-state index in [0.717, 1.165) is 23.3 Å². The van der Waals surface area contributed by atoms with Gasteiger partial charge in [-0.15, -0.1) is 5.10 Å². The van der Waals surface area contributed by atoms with Crippen molar-refractivity contribution in [3.05, 3.63) is 40.2 Å². The predicted octanol–water partition coefficient (Wildman–Crippen LogP) is 3.79. The van der Waals surface area contributed by atoms with E-state index in [9.17, 15) is 28.5 Å². The van der Waals surface area contributed by atoms with Crippen molar-refractivity contribution in [1.82, 2.24) is 29.4 Å². The van der Waals surface area contributed by atoms with Crippen molar-refractivity contribution in [1.29, 1.82) is 10.5 Å². The number of benzene rings is 1. The fraction of sp³-hybridized carbons (Fsp3) is 0.462. The molecule has 1 aromatic carbocycles. The van der Waals surface area contributed by atoms with Crippen molar-refractivity contribution in [2.24, 2.45) is 0 Å². The van der Waals surface area contributed by atoms with Crippen LogP contribution in [0.25, 0.3) is 5.65 Å². The molecule has 3 aliphatic rings. The zero-order valence-electron chi connectivity index (χ0n) is 21.6. The molecule has 15 heteroatoms. The third kappa shape index (κ3) is 5.33. The number of carbonyl (C=O) groups is 1. The molecule has 1 saturated carbocycles. The number of rotatable bonds is 6. The first-order chi connectivity index (χ1) is 19.6. The quantitative estimate of drug-likeness (QED) is 0.443. The van der Waals surface area contributed by atoms with Crippen LogP contribution in [-0.2, 0) is 4.79 Å². The number of carbonyl (C=O) groups excluding carboxylic acids is 1. The number of aromatic nitrogens is 4. The molecule has 6 rings (SSSR count). The molecule has 212 valence electrons. The lowest BCUT2D eigenvalue weighted by Gasteiger charge is -2.47. The maximum atomic E-state index is 12.7. The molecule has 1 aliphatic carbocycles. The number of amides is 1. The van der Waals surface area contributed by atoms with E-state index >= 15 is 0 Å². The van der Waals surface area contributed by atoms with Gasteiger partial charge in [-0.3, -0.25) is 9.69 Å². The minimum Gasteiger partial charge on any atom is -0.364 e. The number of hydrogen-bond donors (Lipinski definition) is 2. The van der Waals surface area contributed by atoms with E-state index in [1.54, 1.807) is 12.1 Å². The van der Waals surface area contributed by atoms with Crippen LogP contribution < -0.4 is 10.6 Å². The Hall–Kier alpha value is -4.14. The Morgan fingerprint density at radius 1 is 1.10 bits per heavy atom. The first kappa shape index (κ1) is 27.1. The van der Waals surface area contributed by atoms with Crippen LogP contribution in [0, 0.1) is 22.7 Å². The predicted molar refractivity (Wildman–Crippen MR) is 142 cm³/mol. The van der Waals surface area contributed by atoms with E-state index < -0.39 is 12.1 Å². The lowest BCUT2D eigenvalue weighted by atomic mass is 9.87. The summed E-state index contributed by atoms with van der Waals surface area (Å²) in [6.07, 6.45) is -0.0300. The number of nitriles is 2. The topological polar surface area (TPSA) is 138 Å². The molecule has 0 unspecified atom stereocenters. The van der Waals surface area contributed by atoms with Gasteiger partial charge >= 0.3 is 12.1 Å². The first-order valence-corrected chi connectivity index (χ1v) is 13.6. The SMILES string of the molecule is N#Cc1cc(Nc2nc(NC3CC3)c3ncc(C#N)n3n2)c(Cl)c(C2CCN(C3CN(C(=O)C(F)(F)F)C3)CC2)c1. The highest BCUT2D eigenvalue weighted by Gasteiger charge is 2.48. The van der Waals surface area contributed by atoms with Crippen molar-refractivity contribution < 1.29 is 18.0 Å². The maximum Gasteiger partial charge on any atom is 0.471 e. The second-order valence-electron chi connectivity index (χ2n) is 10.5. The monoisotopic (exact) mass is 584 g/mol. The van der Waals surface area contributed by atoms with Gasteiger partial charge < -0.3 is 15.5 Å². The molecule has 1 amide bonds. The van der Waals surface area contributed by atoms with Crippen LogP contribution in [-0.4, -0.2) is 79.7 Å². The fourth-order valence-electron chi connectivity index (χ4n) is 5.36. The molecule has 2 aromatic heterocycles. The Morgan fingerprint density at radius 3 is 2.46 bits per heavy atom. The Balaban J connectivity index is 1.19. The van der Waals surface area contributed by atoms with Gasteiger partial charge in [-0.2, -0.15) is 33.2 Å². The standard InChI is InChI=1S/C26H24ClF3N10O/c27-21-19(15-3-5-38(6-4-15)18-12-39(13-18)24(41)26(28,29)30)7-14(9-31)8-20(21)35-25-36-22(34-16-1-2-16)23-33-11-17(10-32)40(23)37-25/h7-8,11,15-16,18H,1-6,12-13H2,(H2,34,35,36,37). The summed E-state index contributed by atoms with van der Waals surface area (Å²) in [5.41, 5.74) is 2.30. The van der Waals surface area contributed by atoms with E-state index in [4.69, 9.17) is 11.6 Å². The number of likely N-dealkylation sites (tertiary alicyclic amines) is 2. The number of piperidine rings is 1. The maximum absolute atomic E-state index is 12.7. The molecule has 3 fully saturated rings. The summed E-state index contributed by atoms with van der Waals surface area (Å²) >= 11 is 6.87. The highest BCUT2D eigenvalue weighted by molar-refractivity contribution is 6.34. The van der Waals surface area contributed by atoms with Crippen LogP contribution in [0.5, 0.6) is 0 Å². The van der Waals surface area contributed by atoms with Gasteiger partial charge in [0, 0.05) is 25.2 Å². The summed E-state index contributed by atoms with van der Waals surface area (Å²) in [6.45, 7) is 1.39. The van der Waals surface area contributed by atoms with Gasteiger partial charge in [0.2, 0.25) is 5.95 Å². The number of hydrogen-bond acceptors (Lipinski definition) is 9. The number of anilines is 3. The molecule has 2 saturated heterocycles. The molecular weight excluding hydrogens is 561 g/mol. The Labute approximate surface area is 237 Å². The normalized spacial score (nSPS) is 18.5. The van der Waals surface area contributed by atoms with Crippen molar-refractivity contribution >= 4 is 40.6 Å². The highest BCUT2D eigenvalue weighted by Crippen LogP contribution is 2.39. The second-order valence-corrected chi connectivity index (χ2v) is 10.9.